The summed E-state index contributed by atoms with van der Waals surface area (Å²) in [6.07, 6.45) is 3.58. The third kappa shape index (κ3) is 0.731. The van der Waals surface area contributed by atoms with Gasteiger partial charge >= 0.3 is 0 Å². The zero-order valence-electron chi connectivity index (χ0n) is 6.73. The summed E-state index contributed by atoms with van der Waals surface area (Å²) in [4.78, 5) is 15.4. The van der Waals surface area contributed by atoms with Gasteiger partial charge < -0.3 is 4.74 Å². The second kappa shape index (κ2) is 1.92. The Balaban J connectivity index is 1.92. The minimum absolute atomic E-state index is 0.296. The molecule has 6 nitrogen and oxygen atoms in total. The summed E-state index contributed by atoms with van der Waals surface area (Å²) in [5.41, 5.74) is 2.23. The fourth-order valence-corrected chi connectivity index (χ4v) is 2.06. The number of nitrogens with one attached hydrogen (secondary N) is 1. The Kier molecular flexibility index (Phi) is 1.10. The number of epoxide rings is 1. The first-order valence-corrected chi connectivity index (χ1v) is 4.11. The first-order chi connectivity index (χ1) is 6.18. The lowest BCUT2D eigenvalue weighted by Crippen LogP contribution is -2.34. The molecule has 2 fully saturated rings. The lowest BCUT2D eigenvalue weighted by molar-refractivity contribution is -0.511. The fourth-order valence-electron chi connectivity index (χ4n) is 2.06. The normalized spacial score (nSPS) is 51.2. The molecule has 0 amide bonds. The van der Waals surface area contributed by atoms with Crippen molar-refractivity contribution in [1.82, 2.24) is 5.48 Å². The summed E-state index contributed by atoms with van der Waals surface area (Å²) in [7, 11) is 0. The van der Waals surface area contributed by atoms with Crippen molar-refractivity contribution in [3.63, 3.8) is 0 Å². The highest BCUT2D eigenvalue weighted by Gasteiger charge is 2.77. The molecular formula is C7H8N2O4. The van der Waals surface area contributed by atoms with Gasteiger partial charge in [0.05, 0.1) is 13.0 Å². The van der Waals surface area contributed by atoms with Crippen molar-refractivity contribution in [2.75, 3.05) is 6.54 Å². The van der Waals surface area contributed by atoms with Gasteiger partial charge in [-0.25, -0.2) is 0 Å². The van der Waals surface area contributed by atoms with Gasteiger partial charge in [-0.3, -0.25) is 15.0 Å². The average Bonchev–Trinajstić information content (AvgIpc) is 2.60. The van der Waals surface area contributed by atoms with E-state index in [0.717, 1.165) is 0 Å². The summed E-state index contributed by atoms with van der Waals surface area (Å²) in [6.45, 7) is 0.529. The number of ether oxygens (including phenoxy) is 1. The molecule has 0 aromatic carbocycles. The molecule has 0 aromatic rings. The zero-order chi connectivity index (χ0) is 9.10. The Hall–Kier alpha value is -0.980. The van der Waals surface area contributed by atoms with Crippen molar-refractivity contribution in [3.05, 3.63) is 22.3 Å². The average molecular weight is 184 g/mol. The van der Waals surface area contributed by atoms with E-state index in [0.29, 0.717) is 13.0 Å². The molecule has 13 heavy (non-hydrogen) atoms. The van der Waals surface area contributed by atoms with Crippen LogP contribution in [0.2, 0.25) is 0 Å². The van der Waals surface area contributed by atoms with Crippen LogP contribution >= 0.6 is 0 Å². The summed E-state index contributed by atoms with van der Waals surface area (Å²) in [5.74, 6) is -0.695. The van der Waals surface area contributed by atoms with E-state index < -0.39 is 17.4 Å². The minimum Gasteiger partial charge on any atom is -0.328 e. The third-order valence-corrected chi connectivity index (χ3v) is 2.87. The lowest BCUT2D eigenvalue weighted by atomic mass is 9.89. The fraction of sp³-hybridized carbons (Fsp3) is 0.714. The molecule has 2 aliphatic heterocycles. The number of hydrogen-bond donors (Lipinski definition) is 1. The molecule has 70 valence electrons. The molecule has 2 saturated heterocycles. The quantitative estimate of drug-likeness (QED) is 0.259. The summed E-state index contributed by atoms with van der Waals surface area (Å²) < 4.78 is 5.39. The zero-order valence-corrected chi connectivity index (χ0v) is 6.73. The number of hydrogen-bond acceptors (Lipinski definition) is 5. The second-order valence-corrected chi connectivity index (χ2v) is 3.60. The molecule has 3 rings (SSSR count). The van der Waals surface area contributed by atoms with E-state index in [9.17, 15) is 10.1 Å². The topological polar surface area (TPSA) is 76.9 Å². The lowest BCUT2D eigenvalue weighted by Gasteiger charge is -2.13. The van der Waals surface area contributed by atoms with Gasteiger partial charge in [0.1, 0.15) is 0 Å². The van der Waals surface area contributed by atoms with Crippen LogP contribution in [0.15, 0.2) is 12.2 Å². The van der Waals surface area contributed by atoms with E-state index in [-0.39, 0.29) is 4.92 Å². The Morgan fingerprint density at radius 1 is 1.69 bits per heavy atom. The molecule has 2 heterocycles. The Morgan fingerprint density at radius 2 is 2.54 bits per heavy atom. The highest BCUT2D eigenvalue weighted by Crippen LogP contribution is 2.57. The van der Waals surface area contributed by atoms with Crippen LogP contribution in [0.1, 0.15) is 6.42 Å². The van der Waals surface area contributed by atoms with Crippen molar-refractivity contribution in [1.29, 1.82) is 0 Å². The van der Waals surface area contributed by atoms with E-state index in [4.69, 9.17) is 9.57 Å². The molecule has 0 aromatic heterocycles. The second-order valence-electron chi connectivity index (χ2n) is 3.60. The first kappa shape index (κ1) is 7.43. The van der Waals surface area contributed by atoms with Crippen molar-refractivity contribution in [2.24, 2.45) is 0 Å². The van der Waals surface area contributed by atoms with Crippen LogP contribution < -0.4 is 5.48 Å². The monoisotopic (exact) mass is 184 g/mol. The number of nitro groups is 1. The molecule has 0 bridgehead atoms. The van der Waals surface area contributed by atoms with Crippen LogP contribution in [0.3, 0.4) is 0 Å². The predicted molar refractivity (Wildman–Crippen MR) is 40.2 cm³/mol. The van der Waals surface area contributed by atoms with Gasteiger partial charge in [0.25, 0.3) is 0 Å². The number of nitrogens with zero attached hydrogens (tertiary/aromatic N) is 1. The molecule has 3 aliphatic rings. The maximum Gasteiger partial charge on any atom is 0.238 e. The van der Waals surface area contributed by atoms with Crippen LogP contribution in [-0.2, 0) is 9.57 Å². The van der Waals surface area contributed by atoms with Crippen LogP contribution in [0.4, 0.5) is 0 Å². The van der Waals surface area contributed by atoms with Crippen molar-refractivity contribution >= 4 is 0 Å². The van der Waals surface area contributed by atoms with E-state index in [1.54, 1.807) is 6.08 Å². The van der Waals surface area contributed by atoms with E-state index in [1.165, 1.54) is 6.08 Å². The van der Waals surface area contributed by atoms with Crippen LogP contribution in [-0.4, -0.2) is 28.9 Å². The van der Waals surface area contributed by atoms with Crippen LogP contribution in [0.5, 0.6) is 0 Å². The number of hydroxylamine groups is 1. The molecule has 0 radical (unpaired) electrons. The first-order valence-electron chi connectivity index (χ1n) is 4.11. The molecule has 1 N–H and O–H groups in total. The Morgan fingerprint density at radius 3 is 3.31 bits per heavy atom. The smallest absolute Gasteiger partial charge is 0.238 e. The third-order valence-electron chi connectivity index (χ3n) is 2.87. The van der Waals surface area contributed by atoms with Gasteiger partial charge in [-0.1, -0.05) is 0 Å². The highest BCUT2D eigenvalue weighted by molar-refractivity contribution is 5.28. The molecule has 0 saturated carbocycles. The molecule has 1 unspecified atom stereocenters. The Bertz CT molecular complexity index is 318. The summed E-state index contributed by atoms with van der Waals surface area (Å²) in [6, 6.07) is -0.640. The maximum atomic E-state index is 10.5. The molecule has 0 spiro atoms. The number of rotatable bonds is 1. The Labute approximate surface area is 73.6 Å². The van der Waals surface area contributed by atoms with Gasteiger partial charge in [-0.15, -0.1) is 0 Å². The van der Waals surface area contributed by atoms with Crippen LogP contribution in [0.25, 0.3) is 0 Å². The van der Waals surface area contributed by atoms with Gasteiger partial charge in [0.15, 0.2) is 5.60 Å². The summed E-state index contributed by atoms with van der Waals surface area (Å²) in [5, 5.41) is 10.5. The summed E-state index contributed by atoms with van der Waals surface area (Å²) >= 11 is 0. The standard InChI is InChI=1S/C7H8N2O4/c10-9(11)5-1-2-7-6(3-5,12-7)4-8-13-7/h1-2,5,8H,3-4H2/t5?,6-,7+/m0/s1. The largest absolute Gasteiger partial charge is 0.328 e. The van der Waals surface area contributed by atoms with Crippen molar-refractivity contribution in [2.45, 2.75) is 23.9 Å². The molecule has 6 heteroatoms. The SMILES string of the molecule is O=[N+]([O-])C1C=C[C@@]23ONC[C@]2(C1)O3. The van der Waals surface area contributed by atoms with E-state index in [2.05, 4.69) is 5.48 Å². The maximum absolute atomic E-state index is 10.5. The molecule has 3 atom stereocenters. The van der Waals surface area contributed by atoms with Gasteiger partial charge in [0, 0.05) is 4.92 Å². The highest BCUT2D eigenvalue weighted by atomic mass is 16.9. The van der Waals surface area contributed by atoms with Gasteiger partial charge in [0.2, 0.25) is 11.8 Å². The van der Waals surface area contributed by atoms with E-state index >= 15 is 0 Å². The molecular weight excluding hydrogens is 176 g/mol. The van der Waals surface area contributed by atoms with Crippen LogP contribution in [0, 0.1) is 10.1 Å². The van der Waals surface area contributed by atoms with Crippen molar-refractivity contribution < 1.29 is 14.5 Å². The minimum atomic E-state index is -0.695. The van der Waals surface area contributed by atoms with Gasteiger partial charge in [-0.05, 0) is 12.2 Å². The van der Waals surface area contributed by atoms with Crippen molar-refractivity contribution in [3.8, 4) is 0 Å². The molecule has 1 aliphatic carbocycles. The van der Waals surface area contributed by atoms with E-state index in [1.807, 2.05) is 0 Å². The van der Waals surface area contributed by atoms with Gasteiger partial charge in [-0.2, -0.15) is 5.48 Å². The predicted octanol–water partition coefficient (Wildman–Crippen LogP) is -0.408.